The molecule has 0 aromatic heterocycles. The zero-order valence-corrected chi connectivity index (χ0v) is 13.3. The monoisotopic (exact) mass is 305 g/mol. The maximum absolute atomic E-state index is 12.5. The number of nitrogens with one attached hydrogen (secondary N) is 1. The van der Waals surface area contributed by atoms with Gasteiger partial charge in [0.25, 0.3) is 0 Å². The summed E-state index contributed by atoms with van der Waals surface area (Å²) in [5, 5.41) is 3.09. The Bertz CT molecular complexity index is 540. The summed E-state index contributed by atoms with van der Waals surface area (Å²) in [6, 6.07) is 6.50. The van der Waals surface area contributed by atoms with Crippen LogP contribution in [0.3, 0.4) is 0 Å². The fourth-order valence-corrected chi connectivity index (χ4v) is 2.53. The molecule has 2 atom stereocenters. The SMILES string of the molecule is CCCCNC1CC(=O)C(C)(c2ccc(OC)cc2)OC1=O. The molecule has 1 aromatic carbocycles. The minimum atomic E-state index is -1.22. The molecule has 1 aromatic rings. The molecule has 120 valence electrons. The molecule has 0 aliphatic carbocycles. The molecule has 1 fully saturated rings. The van der Waals surface area contributed by atoms with Crippen LogP contribution in [0.4, 0.5) is 0 Å². The molecule has 1 aliphatic heterocycles. The lowest BCUT2D eigenvalue weighted by atomic mass is 9.85. The van der Waals surface area contributed by atoms with Crippen LogP contribution in [0.15, 0.2) is 24.3 Å². The van der Waals surface area contributed by atoms with Crippen LogP contribution in [-0.2, 0) is 19.9 Å². The van der Waals surface area contributed by atoms with Gasteiger partial charge in [0.05, 0.1) is 7.11 Å². The van der Waals surface area contributed by atoms with Gasteiger partial charge in [0.15, 0.2) is 11.4 Å². The maximum atomic E-state index is 12.5. The van der Waals surface area contributed by atoms with Crippen LogP contribution in [-0.4, -0.2) is 31.4 Å². The molecule has 2 rings (SSSR count). The van der Waals surface area contributed by atoms with Gasteiger partial charge in [-0.3, -0.25) is 9.59 Å². The zero-order chi connectivity index (χ0) is 16.2. The van der Waals surface area contributed by atoms with Gasteiger partial charge in [-0.1, -0.05) is 25.5 Å². The molecular formula is C17H23NO4. The van der Waals surface area contributed by atoms with Crippen molar-refractivity contribution < 1.29 is 19.1 Å². The Morgan fingerprint density at radius 3 is 2.59 bits per heavy atom. The van der Waals surface area contributed by atoms with E-state index in [2.05, 4.69) is 12.2 Å². The normalized spacial score (nSPS) is 25.0. The van der Waals surface area contributed by atoms with E-state index in [0.717, 1.165) is 12.8 Å². The maximum Gasteiger partial charge on any atom is 0.324 e. The lowest BCUT2D eigenvalue weighted by molar-refractivity contribution is -0.176. The Balaban J connectivity index is 2.12. The Morgan fingerprint density at radius 2 is 2.00 bits per heavy atom. The second-order valence-electron chi connectivity index (χ2n) is 5.67. The number of rotatable bonds is 6. The molecule has 0 radical (unpaired) electrons. The van der Waals surface area contributed by atoms with E-state index in [4.69, 9.17) is 9.47 Å². The van der Waals surface area contributed by atoms with Gasteiger partial charge >= 0.3 is 5.97 Å². The van der Waals surface area contributed by atoms with E-state index in [9.17, 15) is 9.59 Å². The lowest BCUT2D eigenvalue weighted by Crippen LogP contribution is -2.53. The number of carbonyl (C=O) groups is 2. The second-order valence-corrected chi connectivity index (χ2v) is 5.67. The van der Waals surface area contributed by atoms with Crippen molar-refractivity contribution in [1.82, 2.24) is 5.32 Å². The van der Waals surface area contributed by atoms with Gasteiger partial charge in [-0.05, 0) is 32.0 Å². The summed E-state index contributed by atoms with van der Waals surface area (Å²) >= 11 is 0. The molecule has 1 aliphatic rings. The number of ether oxygens (including phenoxy) is 2. The topological polar surface area (TPSA) is 64.6 Å². The van der Waals surface area contributed by atoms with Crippen LogP contribution >= 0.6 is 0 Å². The summed E-state index contributed by atoms with van der Waals surface area (Å²) < 4.78 is 10.6. The van der Waals surface area contributed by atoms with Gasteiger partial charge in [-0.25, -0.2) is 0 Å². The largest absolute Gasteiger partial charge is 0.497 e. The van der Waals surface area contributed by atoms with Crippen molar-refractivity contribution in [2.75, 3.05) is 13.7 Å². The number of benzene rings is 1. The summed E-state index contributed by atoms with van der Waals surface area (Å²) in [4.78, 5) is 24.7. The number of esters is 1. The quantitative estimate of drug-likeness (QED) is 0.644. The van der Waals surface area contributed by atoms with Crippen LogP contribution < -0.4 is 10.1 Å². The van der Waals surface area contributed by atoms with Gasteiger partial charge in [0.2, 0.25) is 0 Å². The van der Waals surface area contributed by atoms with Gasteiger partial charge in [0, 0.05) is 12.0 Å². The smallest absolute Gasteiger partial charge is 0.324 e. The van der Waals surface area contributed by atoms with E-state index in [1.807, 2.05) is 0 Å². The average Bonchev–Trinajstić information content (AvgIpc) is 2.52. The second kappa shape index (κ2) is 6.92. The summed E-state index contributed by atoms with van der Waals surface area (Å²) in [5.41, 5.74) is -0.551. The zero-order valence-electron chi connectivity index (χ0n) is 13.3. The molecule has 0 spiro atoms. The highest BCUT2D eigenvalue weighted by molar-refractivity contribution is 5.97. The molecule has 5 nitrogen and oxygen atoms in total. The first-order chi connectivity index (χ1) is 10.5. The fourth-order valence-electron chi connectivity index (χ4n) is 2.53. The Labute approximate surface area is 131 Å². The van der Waals surface area contributed by atoms with Crippen molar-refractivity contribution in [3.05, 3.63) is 29.8 Å². The van der Waals surface area contributed by atoms with Gasteiger partial charge < -0.3 is 14.8 Å². The first-order valence-corrected chi connectivity index (χ1v) is 7.65. The molecule has 1 N–H and O–H groups in total. The number of Topliss-reactive ketones (excluding diaryl/α,β-unsaturated/α-hetero) is 1. The van der Waals surface area contributed by atoms with Crippen molar-refractivity contribution in [3.63, 3.8) is 0 Å². The lowest BCUT2D eigenvalue weighted by Gasteiger charge is -2.36. The van der Waals surface area contributed by atoms with Crippen molar-refractivity contribution in [2.24, 2.45) is 0 Å². The summed E-state index contributed by atoms with van der Waals surface area (Å²) in [7, 11) is 1.58. The minimum Gasteiger partial charge on any atom is -0.497 e. The Kier molecular flexibility index (Phi) is 5.19. The van der Waals surface area contributed by atoms with E-state index in [0.29, 0.717) is 17.9 Å². The minimum absolute atomic E-state index is 0.0914. The molecule has 1 saturated heterocycles. The average molecular weight is 305 g/mol. The number of ketones is 1. The summed E-state index contributed by atoms with van der Waals surface area (Å²) in [6.07, 6.45) is 2.16. The third-order valence-electron chi connectivity index (χ3n) is 4.07. The van der Waals surface area contributed by atoms with E-state index in [1.54, 1.807) is 38.3 Å². The molecule has 0 bridgehead atoms. The molecule has 0 saturated carbocycles. The third-order valence-corrected chi connectivity index (χ3v) is 4.07. The van der Waals surface area contributed by atoms with Crippen molar-refractivity contribution in [1.29, 1.82) is 0 Å². The van der Waals surface area contributed by atoms with Crippen LogP contribution in [0.25, 0.3) is 0 Å². The van der Waals surface area contributed by atoms with Crippen molar-refractivity contribution in [3.8, 4) is 5.75 Å². The standard InChI is InChI=1S/C17H23NO4/c1-4-5-10-18-14-11-15(19)17(2,22-16(14)20)12-6-8-13(21-3)9-7-12/h6-9,14,18H,4-5,10-11H2,1-3H3. The van der Waals surface area contributed by atoms with E-state index >= 15 is 0 Å². The van der Waals surface area contributed by atoms with Gasteiger partial charge in [-0.2, -0.15) is 0 Å². The fraction of sp³-hybridized carbons (Fsp3) is 0.529. The molecule has 2 unspecified atom stereocenters. The number of unbranched alkanes of at least 4 members (excludes halogenated alkanes) is 1. The Hall–Kier alpha value is -1.88. The predicted octanol–water partition coefficient (Wildman–Crippen LogP) is 2.18. The summed E-state index contributed by atoms with van der Waals surface area (Å²) in [5.74, 6) is 0.237. The van der Waals surface area contributed by atoms with Crippen molar-refractivity contribution in [2.45, 2.75) is 44.8 Å². The molecular weight excluding hydrogens is 282 g/mol. The number of cyclic esters (lactones) is 1. The van der Waals surface area contributed by atoms with E-state index < -0.39 is 11.6 Å². The van der Waals surface area contributed by atoms with Crippen molar-refractivity contribution >= 4 is 11.8 Å². The third kappa shape index (κ3) is 3.30. The van der Waals surface area contributed by atoms with Crippen LogP contribution in [0.2, 0.25) is 0 Å². The Morgan fingerprint density at radius 1 is 1.32 bits per heavy atom. The summed E-state index contributed by atoms with van der Waals surface area (Å²) in [6.45, 7) is 4.44. The highest BCUT2D eigenvalue weighted by Crippen LogP contribution is 2.33. The van der Waals surface area contributed by atoms with Gasteiger partial charge in [-0.15, -0.1) is 0 Å². The van der Waals surface area contributed by atoms with E-state index in [1.165, 1.54) is 0 Å². The number of methoxy groups -OCH3 is 1. The van der Waals surface area contributed by atoms with Crippen LogP contribution in [0.1, 0.15) is 38.7 Å². The number of hydrogen-bond acceptors (Lipinski definition) is 5. The number of carbonyl (C=O) groups excluding carboxylic acids is 2. The van der Waals surface area contributed by atoms with Crippen LogP contribution in [0, 0.1) is 0 Å². The first-order valence-electron chi connectivity index (χ1n) is 7.65. The highest BCUT2D eigenvalue weighted by Gasteiger charge is 2.46. The molecule has 1 heterocycles. The molecule has 0 amide bonds. The highest BCUT2D eigenvalue weighted by atomic mass is 16.6. The first kappa shape index (κ1) is 16.5. The van der Waals surface area contributed by atoms with Gasteiger partial charge in [0.1, 0.15) is 11.8 Å². The predicted molar refractivity (Wildman–Crippen MR) is 82.8 cm³/mol. The number of hydrogen-bond donors (Lipinski definition) is 1. The van der Waals surface area contributed by atoms with Crippen LogP contribution in [0.5, 0.6) is 5.75 Å². The van der Waals surface area contributed by atoms with E-state index in [-0.39, 0.29) is 18.2 Å². The molecule has 22 heavy (non-hydrogen) atoms. The molecule has 5 heteroatoms.